The van der Waals surface area contributed by atoms with Crippen molar-refractivity contribution in [1.82, 2.24) is 9.88 Å². The highest BCUT2D eigenvalue weighted by Gasteiger charge is 2.64. The Morgan fingerprint density at radius 3 is 2.60 bits per heavy atom. The van der Waals surface area contributed by atoms with Gasteiger partial charge in [0.25, 0.3) is 0 Å². The average molecular weight is 425 g/mol. The van der Waals surface area contributed by atoms with Crippen LogP contribution in [0.1, 0.15) is 28.8 Å². The topological polar surface area (TPSA) is 76.8 Å². The minimum atomic E-state index is -0.903. The van der Waals surface area contributed by atoms with E-state index < -0.39 is 11.0 Å². The molecule has 0 saturated carbocycles. The normalized spacial score (nSPS) is 29.5. The van der Waals surface area contributed by atoms with Crippen molar-refractivity contribution in [3.05, 3.63) is 64.8 Å². The maximum atomic E-state index is 12.2. The van der Waals surface area contributed by atoms with Gasteiger partial charge in [0.1, 0.15) is 11.5 Å². The molecule has 0 unspecified atom stereocenters. The Kier molecular flexibility index (Phi) is 4.14. The van der Waals surface area contributed by atoms with Crippen LogP contribution in [-0.2, 0) is 24.7 Å². The number of hydrogen-bond donors (Lipinski definition) is 3. The standard InChI is InChI=1S/C24H24N2O3.ClH/c1-26-7-6-23-13-21-16(8-15-3-5-18(28)11-20(15)25-21)12-24(23,29)22(26)9-14-2-4-17(27)10-19(14)23;/h2-5,8,10-11,22,27-29H,6-7,9,12-13H2,1H3;1H/t22-,23-,24-;/m1./s1. The summed E-state index contributed by atoms with van der Waals surface area (Å²) in [6, 6.07) is 13.0. The first-order valence-electron chi connectivity index (χ1n) is 10.3. The molecular formula is C24H25ClN2O3. The van der Waals surface area contributed by atoms with Crippen LogP contribution < -0.4 is 0 Å². The predicted molar refractivity (Wildman–Crippen MR) is 118 cm³/mol. The van der Waals surface area contributed by atoms with E-state index in [4.69, 9.17) is 4.98 Å². The minimum absolute atomic E-state index is 0. The lowest BCUT2D eigenvalue weighted by Gasteiger charge is -2.63. The first-order chi connectivity index (χ1) is 13.9. The highest BCUT2D eigenvalue weighted by molar-refractivity contribution is 5.85. The number of phenolic OH excluding ortho intramolecular Hbond substituents is 2. The molecule has 1 saturated heterocycles. The van der Waals surface area contributed by atoms with Crippen molar-refractivity contribution in [1.29, 1.82) is 0 Å². The molecule has 3 atom stereocenters. The second kappa shape index (κ2) is 6.33. The fraction of sp³-hybridized carbons (Fsp3) is 0.375. The van der Waals surface area contributed by atoms with Crippen molar-refractivity contribution >= 4 is 23.3 Å². The van der Waals surface area contributed by atoms with Gasteiger partial charge in [-0.05, 0) is 73.5 Å². The molecule has 1 aliphatic heterocycles. The minimum Gasteiger partial charge on any atom is -0.508 e. The number of hydrogen-bond acceptors (Lipinski definition) is 5. The molecule has 6 heteroatoms. The monoisotopic (exact) mass is 424 g/mol. The van der Waals surface area contributed by atoms with Crippen LogP contribution >= 0.6 is 12.4 Å². The van der Waals surface area contributed by atoms with E-state index in [0.29, 0.717) is 12.8 Å². The number of rotatable bonds is 0. The molecule has 6 rings (SSSR count). The van der Waals surface area contributed by atoms with Gasteiger partial charge in [0.05, 0.1) is 11.1 Å². The number of aromatic hydroxyl groups is 2. The van der Waals surface area contributed by atoms with E-state index in [9.17, 15) is 15.3 Å². The lowest BCUT2D eigenvalue weighted by molar-refractivity contribution is -0.145. The van der Waals surface area contributed by atoms with E-state index >= 15 is 0 Å². The Morgan fingerprint density at radius 2 is 1.77 bits per heavy atom. The maximum Gasteiger partial charge on any atom is 0.117 e. The molecule has 2 aromatic carbocycles. The van der Waals surface area contributed by atoms with Gasteiger partial charge in [-0.3, -0.25) is 4.98 Å². The molecule has 0 radical (unpaired) electrons. The van der Waals surface area contributed by atoms with Gasteiger partial charge in [-0.1, -0.05) is 6.07 Å². The smallest absolute Gasteiger partial charge is 0.117 e. The largest absolute Gasteiger partial charge is 0.508 e. The highest BCUT2D eigenvalue weighted by atomic mass is 35.5. The number of nitrogens with zero attached hydrogens (tertiary/aromatic N) is 2. The zero-order valence-electron chi connectivity index (χ0n) is 16.8. The fourth-order valence-electron chi connectivity index (χ4n) is 6.26. The number of likely N-dealkylation sites (tertiary alicyclic amines) is 1. The number of aliphatic hydroxyl groups is 1. The zero-order valence-corrected chi connectivity index (χ0v) is 17.6. The van der Waals surface area contributed by atoms with Gasteiger partial charge in [0.15, 0.2) is 0 Å². The van der Waals surface area contributed by atoms with Crippen molar-refractivity contribution in [2.45, 2.75) is 42.7 Å². The fourth-order valence-corrected chi connectivity index (χ4v) is 6.26. The molecule has 0 spiro atoms. The zero-order chi connectivity index (χ0) is 20.0. The average Bonchev–Trinajstić information content (AvgIpc) is 2.68. The number of piperidine rings is 1. The van der Waals surface area contributed by atoms with Crippen molar-refractivity contribution in [2.75, 3.05) is 13.6 Å². The van der Waals surface area contributed by atoms with E-state index in [1.54, 1.807) is 18.2 Å². The van der Waals surface area contributed by atoms with Crippen molar-refractivity contribution in [3.63, 3.8) is 0 Å². The van der Waals surface area contributed by atoms with Crippen LogP contribution in [0.5, 0.6) is 11.5 Å². The number of aromatic nitrogens is 1. The third kappa shape index (κ3) is 2.40. The van der Waals surface area contributed by atoms with E-state index in [2.05, 4.69) is 18.0 Å². The summed E-state index contributed by atoms with van der Waals surface area (Å²) in [5.74, 6) is 0.461. The van der Waals surface area contributed by atoms with Gasteiger partial charge < -0.3 is 20.2 Å². The first kappa shape index (κ1) is 19.6. The van der Waals surface area contributed by atoms with Gasteiger partial charge in [-0.15, -0.1) is 12.4 Å². The summed E-state index contributed by atoms with van der Waals surface area (Å²) in [6.07, 6.45) is 2.81. The number of phenols is 2. The van der Waals surface area contributed by atoms with Crippen LogP contribution in [0.15, 0.2) is 42.5 Å². The molecular weight excluding hydrogens is 400 g/mol. The van der Waals surface area contributed by atoms with E-state index in [1.807, 2.05) is 18.2 Å². The highest BCUT2D eigenvalue weighted by Crippen LogP contribution is 2.57. The van der Waals surface area contributed by atoms with Crippen LogP contribution in [-0.4, -0.2) is 50.4 Å². The molecule has 5 nitrogen and oxygen atoms in total. The predicted octanol–water partition coefficient (Wildman–Crippen LogP) is 3.10. The van der Waals surface area contributed by atoms with Gasteiger partial charge in [-0.25, -0.2) is 0 Å². The number of halogens is 1. The molecule has 1 fully saturated rings. The Hall–Kier alpha value is -2.34. The van der Waals surface area contributed by atoms with Crippen molar-refractivity contribution < 1.29 is 15.3 Å². The molecule has 3 N–H and O–H groups in total. The van der Waals surface area contributed by atoms with E-state index in [-0.39, 0.29) is 29.9 Å². The SMILES string of the molecule is CN1CC[C@]23Cc4nc5cc(O)ccc5cc4C[C@@]2(O)[C@H]1Cc1ccc(O)cc13.Cl. The van der Waals surface area contributed by atoms with Crippen molar-refractivity contribution in [3.8, 4) is 11.5 Å². The van der Waals surface area contributed by atoms with Crippen molar-refractivity contribution in [2.24, 2.45) is 0 Å². The molecule has 3 aliphatic rings. The Bertz CT molecular complexity index is 1180. The molecule has 2 bridgehead atoms. The quantitative estimate of drug-likeness (QED) is 0.517. The number of pyridine rings is 1. The lowest BCUT2D eigenvalue weighted by Crippen LogP contribution is -2.73. The van der Waals surface area contributed by atoms with E-state index in [0.717, 1.165) is 47.1 Å². The number of fused-ring (bicyclic) bond motifs is 3. The number of likely N-dealkylation sites (N-methyl/N-ethyl adjacent to an activating group) is 1. The first-order valence-corrected chi connectivity index (χ1v) is 10.3. The van der Waals surface area contributed by atoms with Crippen LogP contribution in [0.2, 0.25) is 0 Å². The Balaban J connectivity index is 0.00000193. The summed E-state index contributed by atoms with van der Waals surface area (Å²) in [5.41, 5.74) is 3.79. The Morgan fingerprint density at radius 1 is 1.00 bits per heavy atom. The van der Waals surface area contributed by atoms with Crippen LogP contribution in [0, 0.1) is 0 Å². The Labute approximate surface area is 181 Å². The van der Waals surface area contributed by atoms with Gasteiger partial charge in [0.2, 0.25) is 0 Å². The number of benzene rings is 2. The van der Waals surface area contributed by atoms with E-state index in [1.165, 1.54) is 5.56 Å². The van der Waals surface area contributed by atoms with Crippen LogP contribution in [0.25, 0.3) is 10.9 Å². The molecule has 2 heterocycles. The summed E-state index contributed by atoms with van der Waals surface area (Å²) in [6.45, 7) is 0.909. The molecule has 30 heavy (non-hydrogen) atoms. The second-order valence-electron chi connectivity index (χ2n) is 9.12. The third-order valence-corrected chi connectivity index (χ3v) is 7.72. The summed E-state index contributed by atoms with van der Waals surface area (Å²) in [7, 11) is 2.11. The molecule has 1 aromatic heterocycles. The van der Waals surface area contributed by atoms with Gasteiger partial charge in [0, 0.05) is 41.4 Å². The summed E-state index contributed by atoms with van der Waals surface area (Å²) in [4.78, 5) is 7.21. The lowest BCUT2D eigenvalue weighted by atomic mass is 9.49. The third-order valence-electron chi connectivity index (χ3n) is 7.72. The van der Waals surface area contributed by atoms with Gasteiger partial charge in [-0.2, -0.15) is 0 Å². The van der Waals surface area contributed by atoms with Crippen LogP contribution in [0.4, 0.5) is 0 Å². The summed E-state index contributed by atoms with van der Waals surface area (Å²) in [5, 5.41) is 33.3. The van der Waals surface area contributed by atoms with Crippen LogP contribution in [0.3, 0.4) is 0 Å². The molecule has 156 valence electrons. The van der Waals surface area contributed by atoms with Gasteiger partial charge >= 0.3 is 0 Å². The maximum absolute atomic E-state index is 12.2. The second-order valence-corrected chi connectivity index (χ2v) is 9.12. The summed E-state index contributed by atoms with van der Waals surface area (Å²) >= 11 is 0. The molecule has 2 aliphatic carbocycles. The summed E-state index contributed by atoms with van der Waals surface area (Å²) < 4.78 is 0. The molecule has 3 aromatic rings. The molecule has 0 amide bonds.